The smallest absolute Gasteiger partial charge is 0.419 e. The molecule has 0 saturated carbocycles. The van der Waals surface area contributed by atoms with Crippen LogP contribution in [0.1, 0.15) is 25.8 Å². The lowest BCUT2D eigenvalue weighted by molar-refractivity contribution is -0.138. The summed E-state index contributed by atoms with van der Waals surface area (Å²) in [5.41, 5.74) is -0.767. The largest absolute Gasteiger partial charge is 0.491 e. The van der Waals surface area contributed by atoms with Gasteiger partial charge in [0, 0.05) is 13.1 Å². The van der Waals surface area contributed by atoms with Crippen molar-refractivity contribution in [1.82, 2.24) is 10.6 Å². The highest BCUT2D eigenvalue weighted by Crippen LogP contribution is 2.35. The lowest BCUT2D eigenvalue weighted by Crippen LogP contribution is -2.43. The van der Waals surface area contributed by atoms with Crippen molar-refractivity contribution >= 4 is 5.96 Å². The summed E-state index contributed by atoms with van der Waals surface area (Å²) in [7, 11) is 1.64. The number of ether oxygens (including phenoxy) is 1. The molecule has 0 aliphatic heterocycles. The predicted molar refractivity (Wildman–Crippen MR) is 81.2 cm³/mol. The molecular weight excluding hydrogens is 295 g/mol. The number of hydrogen-bond donors (Lipinski definition) is 2. The molecule has 22 heavy (non-hydrogen) atoms. The molecular formula is C15H22F3N3O. The van der Waals surface area contributed by atoms with Crippen LogP contribution in [0.3, 0.4) is 0 Å². The summed E-state index contributed by atoms with van der Waals surface area (Å²) in [6, 6.07) is 5.44. The van der Waals surface area contributed by atoms with Crippen molar-refractivity contribution < 1.29 is 17.9 Å². The molecule has 0 saturated heterocycles. The summed E-state index contributed by atoms with van der Waals surface area (Å²) < 4.78 is 43.6. The molecule has 124 valence electrons. The first-order chi connectivity index (χ1) is 10.4. The number of hydrogen-bond acceptors (Lipinski definition) is 2. The summed E-state index contributed by atoms with van der Waals surface area (Å²) in [4.78, 5) is 4.04. The summed E-state index contributed by atoms with van der Waals surface area (Å²) in [5, 5.41) is 6.15. The van der Waals surface area contributed by atoms with Gasteiger partial charge in [-0.05, 0) is 25.5 Å². The molecule has 0 fully saturated rings. The van der Waals surface area contributed by atoms with Gasteiger partial charge in [-0.1, -0.05) is 19.1 Å². The van der Waals surface area contributed by atoms with Gasteiger partial charge < -0.3 is 15.4 Å². The van der Waals surface area contributed by atoms with Gasteiger partial charge in [-0.15, -0.1) is 0 Å². The van der Waals surface area contributed by atoms with Crippen LogP contribution in [0.2, 0.25) is 0 Å². The highest BCUT2D eigenvalue weighted by Gasteiger charge is 2.33. The molecule has 0 aliphatic rings. The Hall–Kier alpha value is -1.92. The first-order valence-corrected chi connectivity index (χ1v) is 7.14. The van der Waals surface area contributed by atoms with E-state index in [2.05, 4.69) is 15.6 Å². The Morgan fingerprint density at radius 3 is 2.59 bits per heavy atom. The lowest BCUT2D eigenvalue weighted by Gasteiger charge is -2.17. The van der Waals surface area contributed by atoms with E-state index in [1.807, 2.05) is 13.8 Å². The van der Waals surface area contributed by atoms with E-state index in [9.17, 15) is 13.2 Å². The van der Waals surface area contributed by atoms with Crippen molar-refractivity contribution in [1.29, 1.82) is 0 Å². The van der Waals surface area contributed by atoms with E-state index in [-0.39, 0.29) is 18.4 Å². The quantitative estimate of drug-likeness (QED) is 0.481. The van der Waals surface area contributed by atoms with E-state index in [0.717, 1.165) is 12.5 Å². The molecule has 1 rings (SSSR count). The molecule has 1 aromatic carbocycles. The summed E-state index contributed by atoms with van der Waals surface area (Å²) >= 11 is 0. The zero-order valence-corrected chi connectivity index (χ0v) is 13.0. The van der Waals surface area contributed by atoms with Crippen molar-refractivity contribution in [2.24, 2.45) is 4.99 Å². The van der Waals surface area contributed by atoms with Gasteiger partial charge in [-0.3, -0.25) is 4.99 Å². The number of aliphatic imine (C=N–C) groups is 1. The Morgan fingerprint density at radius 2 is 2.00 bits per heavy atom. The van der Waals surface area contributed by atoms with Crippen molar-refractivity contribution in [2.75, 3.05) is 20.2 Å². The molecule has 1 unspecified atom stereocenters. The minimum atomic E-state index is -4.42. The lowest BCUT2D eigenvalue weighted by atomic mass is 10.2. The number of halogens is 3. The number of rotatable bonds is 6. The van der Waals surface area contributed by atoms with Crippen LogP contribution < -0.4 is 15.4 Å². The van der Waals surface area contributed by atoms with Crippen LogP contribution in [0, 0.1) is 0 Å². The molecule has 0 radical (unpaired) electrons. The number of guanidine groups is 1. The maximum absolute atomic E-state index is 12.8. The number of para-hydroxylation sites is 1. The second-order valence-electron chi connectivity index (χ2n) is 4.80. The van der Waals surface area contributed by atoms with Crippen LogP contribution in [0.15, 0.2) is 29.3 Å². The first-order valence-electron chi connectivity index (χ1n) is 7.14. The Morgan fingerprint density at radius 1 is 1.32 bits per heavy atom. The van der Waals surface area contributed by atoms with E-state index < -0.39 is 11.7 Å². The predicted octanol–water partition coefficient (Wildman–Crippen LogP) is 3.05. The Labute approximate surface area is 128 Å². The van der Waals surface area contributed by atoms with Crippen LogP contribution in [0.5, 0.6) is 5.75 Å². The maximum atomic E-state index is 12.8. The molecule has 0 bridgehead atoms. The van der Waals surface area contributed by atoms with Crippen LogP contribution >= 0.6 is 0 Å². The third-order valence-corrected chi connectivity index (χ3v) is 3.06. The Balaban J connectivity index is 2.48. The van der Waals surface area contributed by atoms with Gasteiger partial charge >= 0.3 is 6.18 Å². The van der Waals surface area contributed by atoms with Gasteiger partial charge in [-0.2, -0.15) is 13.2 Å². The minimum Gasteiger partial charge on any atom is -0.491 e. The van der Waals surface area contributed by atoms with Crippen molar-refractivity contribution in [2.45, 2.75) is 32.5 Å². The molecule has 1 aromatic rings. The fourth-order valence-corrected chi connectivity index (χ4v) is 1.69. The molecule has 0 heterocycles. The SMILES string of the molecule is CCC(C)NC(=NC)NCCOc1ccccc1C(F)(F)F. The highest BCUT2D eigenvalue weighted by molar-refractivity contribution is 5.79. The fraction of sp³-hybridized carbons (Fsp3) is 0.533. The third kappa shape index (κ3) is 5.83. The van der Waals surface area contributed by atoms with Crippen LogP contribution in [0.4, 0.5) is 13.2 Å². The third-order valence-electron chi connectivity index (χ3n) is 3.06. The number of alkyl halides is 3. The number of benzene rings is 1. The molecule has 1 atom stereocenters. The summed E-state index contributed by atoms with van der Waals surface area (Å²) in [5.74, 6) is 0.434. The van der Waals surface area contributed by atoms with Crippen LogP contribution in [-0.4, -0.2) is 32.2 Å². The van der Waals surface area contributed by atoms with E-state index in [0.29, 0.717) is 12.5 Å². The number of nitrogens with one attached hydrogen (secondary N) is 2. The molecule has 0 amide bonds. The molecule has 2 N–H and O–H groups in total. The summed E-state index contributed by atoms with van der Waals surface area (Å²) in [6.45, 7) is 4.52. The van der Waals surface area contributed by atoms with Gasteiger partial charge in [0.25, 0.3) is 0 Å². The molecule has 0 spiro atoms. The average Bonchev–Trinajstić information content (AvgIpc) is 2.49. The monoisotopic (exact) mass is 317 g/mol. The minimum absolute atomic E-state index is 0.105. The van der Waals surface area contributed by atoms with Crippen LogP contribution in [-0.2, 0) is 6.18 Å². The highest BCUT2D eigenvalue weighted by atomic mass is 19.4. The second-order valence-corrected chi connectivity index (χ2v) is 4.80. The number of nitrogens with zero attached hydrogens (tertiary/aromatic N) is 1. The van der Waals surface area contributed by atoms with Crippen molar-refractivity contribution in [3.8, 4) is 5.75 Å². The average molecular weight is 317 g/mol. The van der Waals surface area contributed by atoms with Gasteiger partial charge in [0.1, 0.15) is 12.4 Å². The fourth-order valence-electron chi connectivity index (χ4n) is 1.69. The topological polar surface area (TPSA) is 45.7 Å². The molecule has 4 nitrogen and oxygen atoms in total. The standard InChI is InChI=1S/C15H22F3N3O/c1-4-11(2)21-14(19-3)20-9-10-22-13-8-6-5-7-12(13)15(16,17)18/h5-8,11H,4,9-10H2,1-3H3,(H2,19,20,21). The zero-order valence-electron chi connectivity index (χ0n) is 13.0. The first kappa shape index (κ1) is 18.1. The van der Waals surface area contributed by atoms with Crippen molar-refractivity contribution in [3.63, 3.8) is 0 Å². The van der Waals surface area contributed by atoms with E-state index in [1.165, 1.54) is 18.2 Å². The zero-order chi connectivity index (χ0) is 16.6. The Bertz CT molecular complexity index is 489. The van der Waals surface area contributed by atoms with Gasteiger partial charge in [-0.25, -0.2) is 0 Å². The Kier molecular flexibility index (Phi) is 7.01. The van der Waals surface area contributed by atoms with Gasteiger partial charge in [0.2, 0.25) is 0 Å². The van der Waals surface area contributed by atoms with E-state index >= 15 is 0 Å². The van der Waals surface area contributed by atoms with E-state index in [1.54, 1.807) is 7.05 Å². The molecule has 7 heteroatoms. The molecule has 0 aromatic heterocycles. The second kappa shape index (κ2) is 8.51. The maximum Gasteiger partial charge on any atom is 0.419 e. The van der Waals surface area contributed by atoms with E-state index in [4.69, 9.17) is 4.74 Å². The summed E-state index contributed by atoms with van der Waals surface area (Å²) in [6.07, 6.45) is -3.48. The molecule has 0 aliphatic carbocycles. The van der Waals surface area contributed by atoms with Gasteiger partial charge in [0.15, 0.2) is 5.96 Å². The van der Waals surface area contributed by atoms with Crippen molar-refractivity contribution in [3.05, 3.63) is 29.8 Å². The van der Waals surface area contributed by atoms with Gasteiger partial charge in [0.05, 0.1) is 12.1 Å². The van der Waals surface area contributed by atoms with Crippen LogP contribution in [0.25, 0.3) is 0 Å². The normalized spacial score (nSPS) is 13.6.